The quantitative estimate of drug-likeness (QED) is 0.385. The van der Waals surface area contributed by atoms with Gasteiger partial charge in [-0.1, -0.05) is 41.9 Å². The van der Waals surface area contributed by atoms with Crippen LogP contribution in [0.2, 0.25) is 5.02 Å². The predicted molar refractivity (Wildman–Crippen MR) is 123 cm³/mol. The van der Waals surface area contributed by atoms with E-state index in [1.54, 1.807) is 26.0 Å². The Morgan fingerprint density at radius 2 is 1.81 bits per heavy atom. The van der Waals surface area contributed by atoms with E-state index in [1.807, 2.05) is 60.5 Å². The normalized spacial score (nSPS) is 10.8. The molecular weight excluding hydrogens is 475 g/mol. The number of benzene rings is 2. The molecule has 1 amide bonds. The van der Waals surface area contributed by atoms with Gasteiger partial charge in [0, 0.05) is 51.9 Å². The van der Waals surface area contributed by atoms with E-state index in [9.17, 15) is 4.79 Å². The first-order valence-electron chi connectivity index (χ1n) is 8.38. The maximum Gasteiger partial charge on any atom is 0.253 e. The molecule has 0 aliphatic carbocycles. The largest absolute Gasteiger partial charge is 0.352 e. The molecule has 0 spiro atoms. The van der Waals surface area contributed by atoms with Crippen molar-refractivity contribution in [1.29, 1.82) is 0 Å². The van der Waals surface area contributed by atoms with Crippen molar-refractivity contribution in [2.24, 2.45) is 4.99 Å². The standard InChI is InChI=1S/C20H25ClN4O.HI/c1-22-20(25(4)14-17-9-5-6-11-18(17)21)23-13-15-8-7-10-16(12-15)19(26)24(2)3;/h5-12H,13-14H2,1-4H3,(H,22,23);1H. The summed E-state index contributed by atoms with van der Waals surface area (Å²) in [4.78, 5) is 20.0. The molecule has 1 N–H and O–H groups in total. The molecule has 2 rings (SSSR count). The Hall–Kier alpha value is -1.80. The van der Waals surface area contributed by atoms with Crippen LogP contribution in [0.1, 0.15) is 21.5 Å². The van der Waals surface area contributed by atoms with Crippen LogP contribution in [-0.2, 0) is 13.1 Å². The molecule has 0 bridgehead atoms. The van der Waals surface area contributed by atoms with E-state index < -0.39 is 0 Å². The first-order chi connectivity index (χ1) is 12.4. The van der Waals surface area contributed by atoms with E-state index in [4.69, 9.17) is 11.6 Å². The van der Waals surface area contributed by atoms with Gasteiger partial charge in [-0.05, 0) is 29.3 Å². The maximum atomic E-state index is 12.1. The topological polar surface area (TPSA) is 47.9 Å². The third-order valence-electron chi connectivity index (χ3n) is 3.97. The number of amides is 1. The second-order valence-electron chi connectivity index (χ2n) is 6.25. The van der Waals surface area contributed by atoms with Gasteiger partial charge in [-0.25, -0.2) is 0 Å². The predicted octanol–water partition coefficient (Wildman–Crippen LogP) is 3.87. The highest BCUT2D eigenvalue weighted by atomic mass is 127. The van der Waals surface area contributed by atoms with Gasteiger partial charge in [0.25, 0.3) is 5.91 Å². The number of carbonyl (C=O) groups excluding carboxylic acids is 1. The summed E-state index contributed by atoms with van der Waals surface area (Å²) in [7, 11) is 7.21. The number of guanidine groups is 1. The zero-order valence-corrected chi connectivity index (χ0v) is 19.2. The molecule has 27 heavy (non-hydrogen) atoms. The first kappa shape index (κ1) is 23.2. The van der Waals surface area contributed by atoms with Crippen LogP contribution in [0.5, 0.6) is 0 Å². The minimum atomic E-state index is -0.00734. The lowest BCUT2D eigenvalue weighted by Crippen LogP contribution is -2.38. The molecule has 0 unspecified atom stereocenters. The number of hydrogen-bond donors (Lipinski definition) is 1. The molecule has 7 heteroatoms. The average molecular weight is 501 g/mol. The Bertz CT molecular complexity index is 795. The fourth-order valence-electron chi connectivity index (χ4n) is 2.60. The zero-order valence-electron chi connectivity index (χ0n) is 16.1. The SMILES string of the molecule is CN=C(NCc1cccc(C(=O)N(C)C)c1)N(C)Cc1ccccc1Cl.I. The first-order valence-corrected chi connectivity index (χ1v) is 8.76. The molecule has 0 aliphatic heterocycles. The molecule has 2 aromatic carbocycles. The average Bonchev–Trinajstić information content (AvgIpc) is 2.63. The fourth-order valence-corrected chi connectivity index (χ4v) is 2.79. The van der Waals surface area contributed by atoms with Crippen molar-refractivity contribution < 1.29 is 4.79 Å². The molecule has 0 atom stereocenters. The maximum absolute atomic E-state index is 12.1. The van der Waals surface area contributed by atoms with Crippen molar-refractivity contribution >= 4 is 47.4 Å². The molecule has 0 saturated carbocycles. The van der Waals surface area contributed by atoms with Crippen LogP contribution in [0.25, 0.3) is 0 Å². The number of nitrogens with zero attached hydrogens (tertiary/aromatic N) is 3. The molecule has 146 valence electrons. The van der Waals surface area contributed by atoms with Gasteiger partial charge in [-0.15, -0.1) is 24.0 Å². The molecule has 0 heterocycles. The van der Waals surface area contributed by atoms with E-state index in [-0.39, 0.29) is 29.9 Å². The molecule has 0 radical (unpaired) electrons. The van der Waals surface area contributed by atoms with Gasteiger partial charge >= 0.3 is 0 Å². The van der Waals surface area contributed by atoms with E-state index >= 15 is 0 Å². The van der Waals surface area contributed by atoms with Crippen LogP contribution < -0.4 is 5.32 Å². The lowest BCUT2D eigenvalue weighted by molar-refractivity contribution is 0.0827. The summed E-state index contributed by atoms with van der Waals surface area (Å²) >= 11 is 6.24. The van der Waals surface area contributed by atoms with Gasteiger partial charge in [0.15, 0.2) is 5.96 Å². The number of aliphatic imine (C=N–C) groups is 1. The van der Waals surface area contributed by atoms with E-state index in [0.717, 1.165) is 22.1 Å². The minimum absolute atomic E-state index is 0. The van der Waals surface area contributed by atoms with E-state index in [2.05, 4.69) is 10.3 Å². The van der Waals surface area contributed by atoms with E-state index in [0.29, 0.717) is 18.7 Å². The third-order valence-corrected chi connectivity index (χ3v) is 4.34. The monoisotopic (exact) mass is 500 g/mol. The molecule has 5 nitrogen and oxygen atoms in total. The van der Waals surface area contributed by atoms with Gasteiger partial charge in [-0.2, -0.15) is 0 Å². The summed E-state index contributed by atoms with van der Waals surface area (Å²) < 4.78 is 0. The van der Waals surface area contributed by atoms with Gasteiger partial charge in [0.1, 0.15) is 0 Å². The number of halogens is 2. The highest BCUT2D eigenvalue weighted by Crippen LogP contribution is 2.16. The molecule has 0 saturated heterocycles. The Morgan fingerprint density at radius 3 is 2.44 bits per heavy atom. The second-order valence-corrected chi connectivity index (χ2v) is 6.66. The summed E-state index contributed by atoms with van der Waals surface area (Å²) in [6.07, 6.45) is 0. The van der Waals surface area contributed by atoms with Crippen LogP contribution in [0.15, 0.2) is 53.5 Å². The summed E-state index contributed by atoms with van der Waals surface area (Å²) in [5, 5.41) is 4.07. The van der Waals surface area contributed by atoms with Crippen molar-refractivity contribution in [2.45, 2.75) is 13.1 Å². The highest BCUT2D eigenvalue weighted by Gasteiger charge is 2.11. The Morgan fingerprint density at radius 1 is 1.11 bits per heavy atom. The van der Waals surface area contributed by atoms with Gasteiger partial charge in [-0.3, -0.25) is 9.79 Å². The Balaban J connectivity index is 0.00000364. The molecule has 2 aromatic rings. The number of rotatable bonds is 5. The van der Waals surface area contributed by atoms with Crippen molar-refractivity contribution in [3.05, 3.63) is 70.2 Å². The van der Waals surface area contributed by atoms with E-state index in [1.165, 1.54) is 0 Å². The zero-order chi connectivity index (χ0) is 19.1. The van der Waals surface area contributed by atoms with Crippen molar-refractivity contribution in [1.82, 2.24) is 15.1 Å². The van der Waals surface area contributed by atoms with Crippen LogP contribution >= 0.6 is 35.6 Å². The van der Waals surface area contributed by atoms with Gasteiger partial charge in [0.2, 0.25) is 0 Å². The lowest BCUT2D eigenvalue weighted by atomic mass is 10.1. The third kappa shape index (κ3) is 6.70. The molecule has 0 aromatic heterocycles. The van der Waals surface area contributed by atoms with Crippen LogP contribution in [0.3, 0.4) is 0 Å². The number of nitrogens with one attached hydrogen (secondary N) is 1. The number of carbonyl (C=O) groups is 1. The summed E-state index contributed by atoms with van der Waals surface area (Å²) in [6, 6.07) is 15.4. The molecule has 0 aliphatic rings. The molecular formula is C20H26ClIN4O. The van der Waals surface area contributed by atoms with Crippen molar-refractivity contribution in [2.75, 3.05) is 28.2 Å². The fraction of sp³-hybridized carbons (Fsp3) is 0.300. The second kappa shape index (κ2) is 11.1. The minimum Gasteiger partial charge on any atom is -0.352 e. The number of hydrogen-bond acceptors (Lipinski definition) is 2. The van der Waals surface area contributed by atoms with Gasteiger partial charge < -0.3 is 15.1 Å². The summed E-state index contributed by atoms with van der Waals surface area (Å²) in [5.41, 5.74) is 2.73. The smallest absolute Gasteiger partial charge is 0.253 e. The van der Waals surface area contributed by atoms with Crippen LogP contribution in [0.4, 0.5) is 0 Å². The molecule has 0 fully saturated rings. The van der Waals surface area contributed by atoms with Crippen LogP contribution in [0, 0.1) is 0 Å². The summed E-state index contributed by atoms with van der Waals surface area (Å²) in [6.45, 7) is 1.23. The lowest BCUT2D eigenvalue weighted by Gasteiger charge is -2.23. The van der Waals surface area contributed by atoms with Gasteiger partial charge in [0.05, 0.1) is 0 Å². The Labute approximate surface area is 183 Å². The van der Waals surface area contributed by atoms with Crippen LogP contribution in [-0.4, -0.2) is 49.9 Å². The summed E-state index contributed by atoms with van der Waals surface area (Å²) in [5.74, 6) is 0.751. The van der Waals surface area contributed by atoms with Crippen molar-refractivity contribution in [3.63, 3.8) is 0 Å². The van der Waals surface area contributed by atoms with Crippen molar-refractivity contribution in [3.8, 4) is 0 Å². The highest BCUT2D eigenvalue weighted by molar-refractivity contribution is 14.0. The Kier molecular flexibility index (Phi) is 9.59.